The Morgan fingerprint density at radius 1 is 1.22 bits per heavy atom. The molecule has 2 atom stereocenters. The zero-order valence-electron chi connectivity index (χ0n) is 17.5. The Balaban J connectivity index is 1.32. The Bertz CT molecular complexity index is 1020. The average molecular weight is 453 g/mol. The van der Waals surface area contributed by atoms with Crippen molar-refractivity contribution >= 4 is 29.1 Å². The smallest absolute Gasteiger partial charge is 0.243 e. The van der Waals surface area contributed by atoms with Gasteiger partial charge in [0.1, 0.15) is 0 Å². The van der Waals surface area contributed by atoms with E-state index in [4.69, 9.17) is 21.8 Å². The van der Waals surface area contributed by atoms with Crippen LogP contribution in [0.1, 0.15) is 24.0 Å². The summed E-state index contributed by atoms with van der Waals surface area (Å²) in [6.07, 6.45) is 1.81. The van der Waals surface area contributed by atoms with Crippen LogP contribution in [0.3, 0.4) is 0 Å². The lowest BCUT2D eigenvalue weighted by Crippen LogP contribution is -2.52. The molecule has 0 radical (unpaired) electrons. The normalized spacial score (nSPS) is 22.0. The van der Waals surface area contributed by atoms with Gasteiger partial charge < -0.3 is 15.1 Å². The summed E-state index contributed by atoms with van der Waals surface area (Å²) < 4.78 is 0. The van der Waals surface area contributed by atoms with E-state index in [-0.39, 0.29) is 5.91 Å². The highest BCUT2D eigenvalue weighted by Gasteiger charge is 2.41. The summed E-state index contributed by atoms with van der Waals surface area (Å²) in [5.74, 6) is 0.552. The van der Waals surface area contributed by atoms with Crippen molar-refractivity contribution in [3.05, 3.63) is 70.7 Å². The van der Waals surface area contributed by atoms with E-state index in [0.717, 1.165) is 24.0 Å². The van der Waals surface area contributed by atoms with Crippen LogP contribution >= 0.6 is 11.6 Å². The van der Waals surface area contributed by atoms with Crippen molar-refractivity contribution in [1.29, 1.82) is 5.41 Å². The molecule has 0 bridgehead atoms. The van der Waals surface area contributed by atoms with Gasteiger partial charge in [-0.3, -0.25) is 15.0 Å². The average Bonchev–Trinajstić information content (AvgIpc) is 3.44. The highest BCUT2D eigenvalue weighted by atomic mass is 35.5. The molecule has 0 spiro atoms. The predicted molar refractivity (Wildman–Crippen MR) is 123 cm³/mol. The number of aliphatic imine (C=N–C) groups is 1. The van der Waals surface area contributed by atoms with E-state index in [1.807, 2.05) is 42.5 Å². The van der Waals surface area contributed by atoms with E-state index < -0.39 is 12.3 Å². The SMILES string of the molecule is N=C(c1ccc(Cl)cc1)C(CNC1N=C(c2ccccc2)ON1)N1CN(C2CC2)CC1=O. The third kappa shape index (κ3) is 4.54. The minimum Gasteiger partial charge on any atom is -0.385 e. The van der Waals surface area contributed by atoms with Crippen LogP contribution in [0.4, 0.5) is 0 Å². The number of hydrogen-bond donors (Lipinski definition) is 3. The van der Waals surface area contributed by atoms with Crippen molar-refractivity contribution in [3.63, 3.8) is 0 Å². The number of nitrogens with zero attached hydrogens (tertiary/aromatic N) is 3. The lowest BCUT2D eigenvalue weighted by atomic mass is 10.0. The summed E-state index contributed by atoms with van der Waals surface area (Å²) in [4.78, 5) is 26.9. The number of carbonyl (C=O) groups excluding carboxylic acids is 1. The fourth-order valence-corrected chi connectivity index (χ4v) is 4.17. The molecule has 9 heteroatoms. The predicted octanol–water partition coefficient (Wildman–Crippen LogP) is 2.20. The van der Waals surface area contributed by atoms with E-state index in [2.05, 4.69) is 20.7 Å². The minimum absolute atomic E-state index is 0.0477. The Kier molecular flexibility index (Phi) is 5.93. The van der Waals surface area contributed by atoms with Crippen LogP contribution in [0.5, 0.6) is 0 Å². The van der Waals surface area contributed by atoms with Crippen molar-refractivity contribution in [3.8, 4) is 0 Å². The van der Waals surface area contributed by atoms with E-state index in [9.17, 15) is 4.79 Å². The lowest BCUT2D eigenvalue weighted by molar-refractivity contribution is -0.127. The summed E-state index contributed by atoms with van der Waals surface area (Å²) in [7, 11) is 0. The zero-order valence-corrected chi connectivity index (χ0v) is 18.3. The van der Waals surface area contributed by atoms with Crippen LogP contribution in [0.15, 0.2) is 59.6 Å². The summed E-state index contributed by atoms with van der Waals surface area (Å²) in [5.41, 5.74) is 4.85. The second kappa shape index (κ2) is 8.99. The molecule has 2 aliphatic heterocycles. The largest absolute Gasteiger partial charge is 0.385 e. The van der Waals surface area contributed by atoms with Crippen molar-refractivity contribution in [2.24, 2.45) is 4.99 Å². The molecule has 1 saturated carbocycles. The molecule has 3 aliphatic rings. The maximum atomic E-state index is 12.9. The van der Waals surface area contributed by atoms with Crippen molar-refractivity contribution in [1.82, 2.24) is 20.6 Å². The maximum Gasteiger partial charge on any atom is 0.243 e. The molecule has 1 amide bonds. The number of benzene rings is 2. The monoisotopic (exact) mass is 452 g/mol. The number of carbonyl (C=O) groups is 1. The first-order valence-electron chi connectivity index (χ1n) is 10.8. The van der Waals surface area contributed by atoms with Crippen molar-refractivity contribution in [2.45, 2.75) is 31.2 Å². The number of halogens is 1. The lowest BCUT2D eigenvalue weighted by Gasteiger charge is -2.30. The van der Waals surface area contributed by atoms with Gasteiger partial charge in [-0.1, -0.05) is 41.9 Å². The molecule has 2 aromatic carbocycles. The van der Waals surface area contributed by atoms with Gasteiger partial charge in [0, 0.05) is 23.2 Å². The van der Waals surface area contributed by atoms with Crippen LogP contribution in [0, 0.1) is 5.41 Å². The number of hydroxylamine groups is 1. The van der Waals surface area contributed by atoms with E-state index in [1.54, 1.807) is 17.0 Å². The topological polar surface area (TPSA) is 93.0 Å². The minimum atomic E-state index is -0.469. The summed E-state index contributed by atoms with van der Waals surface area (Å²) in [6, 6.07) is 16.9. The van der Waals surface area contributed by atoms with Gasteiger partial charge in [-0.05, 0) is 42.7 Å². The molecule has 2 aromatic rings. The number of nitrogens with one attached hydrogen (secondary N) is 3. The van der Waals surface area contributed by atoms with Gasteiger partial charge in [-0.2, -0.15) is 0 Å². The highest BCUT2D eigenvalue weighted by Crippen LogP contribution is 2.30. The first-order valence-corrected chi connectivity index (χ1v) is 11.1. The number of rotatable bonds is 8. The number of hydrogen-bond acceptors (Lipinski definition) is 7. The molecule has 2 fully saturated rings. The zero-order chi connectivity index (χ0) is 22.1. The molecular weight excluding hydrogens is 428 g/mol. The number of amides is 1. The maximum absolute atomic E-state index is 12.9. The van der Waals surface area contributed by atoms with Crippen LogP contribution in [0.25, 0.3) is 0 Å². The van der Waals surface area contributed by atoms with Gasteiger partial charge in [0.25, 0.3) is 0 Å². The molecule has 8 nitrogen and oxygen atoms in total. The highest BCUT2D eigenvalue weighted by molar-refractivity contribution is 6.30. The molecular formula is C23H25ClN6O2. The van der Waals surface area contributed by atoms with Crippen molar-refractivity contribution < 1.29 is 9.63 Å². The van der Waals surface area contributed by atoms with E-state index in [0.29, 0.717) is 42.4 Å². The summed E-state index contributed by atoms with van der Waals surface area (Å²) >= 11 is 6.03. The van der Waals surface area contributed by atoms with Gasteiger partial charge in [0.2, 0.25) is 11.8 Å². The fraction of sp³-hybridized carbons (Fsp3) is 0.348. The van der Waals surface area contributed by atoms with Gasteiger partial charge in [0.05, 0.1) is 25.0 Å². The molecule has 1 aliphatic carbocycles. The van der Waals surface area contributed by atoms with Crippen LogP contribution in [-0.2, 0) is 9.63 Å². The molecule has 3 N–H and O–H groups in total. The summed E-state index contributed by atoms with van der Waals surface area (Å²) in [6.45, 7) is 1.31. The fourth-order valence-electron chi connectivity index (χ4n) is 4.04. The van der Waals surface area contributed by atoms with Crippen molar-refractivity contribution in [2.75, 3.05) is 19.8 Å². The van der Waals surface area contributed by atoms with Gasteiger partial charge in [-0.15, -0.1) is 5.48 Å². The van der Waals surface area contributed by atoms with E-state index >= 15 is 0 Å². The molecule has 166 valence electrons. The third-order valence-corrected chi connectivity index (χ3v) is 6.21. The van der Waals surface area contributed by atoms with Crippen LogP contribution in [0.2, 0.25) is 5.02 Å². The third-order valence-electron chi connectivity index (χ3n) is 5.96. The van der Waals surface area contributed by atoms with Crippen LogP contribution < -0.4 is 10.8 Å². The Morgan fingerprint density at radius 3 is 2.69 bits per heavy atom. The molecule has 1 saturated heterocycles. The first-order chi connectivity index (χ1) is 15.6. The Hall–Kier alpha value is -2.78. The standard InChI is InChI=1S/C23H25ClN6O2/c24-17-8-6-15(7-9-17)21(25)19(30-14-29(13-20(30)31)18-10-11-18)12-26-23-27-22(32-28-23)16-4-2-1-3-5-16/h1-9,18-19,23,25-26,28H,10-14H2. The molecule has 32 heavy (non-hydrogen) atoms. The second-order valence-electron chi connectivity index (χ2n) is 8.25. The van der Waals surface area contributed by atoms with E-state index in [1.165, 1.54) is 0 Å². The quantitative estimate of drug-likeness (QED) is 0.534. The van der Waals surface area contributed by atoms with Crippen LogP contribution in [-0.4, -0.2) is 65.4 Å². The Morgan fingerprint density at radius 2 is 1.97 bits per heavy atom. The Labute approximate surface area is 191 Å². The molecule has 0 aromatic heterocycles. The summed E-state index contributed by atoms with van der Waals surface area (Å²) in [5, 5.41) is 12.8. The van der Waals surface area contributed by atoms with Gasteiger partial charge in [-0.25, -0.2) is 4.99 Å². The molecule has 2 heterocycles. The first kappa shape index (κ1) is 21.1. The second-order valence-corrected chi connectivity index (χ2v) is 8.69. The van der Waals surface area contributed by atoms with Gasteiger partial charge >= 0.3 is 0 Å². The molecule has 2 unspecified atom stereocenters. The van der Waals surface area contributed by atoms with Gasteiger partial charge in [0.15, 0.2) is 6.29 Å². The molecule has 5 rings (SSSR count).